The van der Waals surface area contributed by atoms with Gasteiger partial charge in [-0.3, -0.25) is 4.79 Å². The lowest BCUT2D eigenvalue weighted by molar-refractivity contribution is -0.131. The van der Waals surface area contributed by atoms with Crippen LogP contribution in [0.4, 0.5) is 0 Å². The van der Waals surface area contributed by atoms with Crippen molar-refractivity contribution in [2.75, 3.05) is 6.54 Å². The van der Waals surface area contributed by atoms with Crippen LogP contribution < -0.4 is 0 Å². The first-order valence-electron chi connectivity index (χ1n) is 3.35. The molecule has 3 nitrogen and oxygen atoms in total. The lowest BCUT2D eigenvalue weighted by atomic mass is 10.1. The normalized spacial score (nSPS) is 27.3. The number of carbonyl (C=O) groups is 1. The SMILES string of the molecule is CC(C)(C)N1CC(=O)OP1Cl. The summed E-state index contributed by atoms with van der Waals surface area (Å²) in [4.78, 5) is 10.8. The Kier molecular flexibility index (Phi) is 2.43. The second-order valence-electron chi connectivity index (χ2n) is 3.42. The molecule has 1 unspecified atom stereocenters. The van der Waals surface area contributed by atoms with E-state index in [2.05, 4.69) is 0 Å². The van der Waals surface area contributed by atoms with Gasteiger partial charge in [0, 0.05) is 5.54 Å². The van der Waals surface area contributed by atoms with Gasteiger partial charge in [-0.15, -0.1) is 0 Å². The summed E-state index contributed by atoms with van der Waals surface area (Å²) in [5.74, 6) is -0.221. The highest BCUT2D eigenvalue weighted by molar-refractivity contribution is 7.78. The standard InChI is InChI=1S/C6H11ClNO2P/c1-6(2,3)8-4-5(9)10-11(8)7/h4H2,1-3H3. The molecule has 0 aliphatic carbocycles. The molecule has 1 atom stereocenters. The second kappa shape index (κ2) is 2.89. The molecule has 1 aliphatic heterocycles. The van der Waals surface area contributed by atoms with E-state index in [1.165, 1.54) is 0 Å². The maximum absolute atomic E-state index is 10.8. The van der Waals surface area contributed by atoms with Gasteiger partial charge in [0.05, 0.1) is 0 Å². The highest BCUT2D eigenvalue weighted by atomic mass is 35.7. The number of hydrogen-bond acceptors (Lipinski definition) is 3. The Balaban J connectivity index is 2.67. The number of nitrogens with zero attached hydrogens (tertiary/aromatic N) is 1. The molecule has 0 aromatic carbocycles. The first kappa shape index (κ1) is 9.24. The topological polar surface area (TPSA) is 29.5 Å². The molecule has 0 bridgehead atoms. The van der Waals surface area contributed by atoms with Crippen LogP contribution in [0.3, 0.4) is 0 Å². The molecule has 1 saturated heterocycles. The minimum absolute atomic E-state index is 0.0837. The first-order chi connectivity index (χ1) is 4.91. The van der Waals surface area contributed by atoms with Crippen LogP contribution in [-0.4, -0.2) is 22.7 Å². The summed E-state index contributed by atoms with van der Waals surface area (Å²) in [6, 6.07) is 0. The van der Waals surface area contributed by atoms with E-state index in [0.29, 0.717) is 6.54 Å². The summed E-state index contributed by atoms with van der Waals surface area (Å²) in [5, 5.41) is 0. The third-order valence-electron chi connectivity index (χ3n) is 1.42. The Morgan fingerprint density at radius 1 is 1.64 bits per heavy atom. The van der Waals surface area contributed by atoms with Gasteiger partial charge in [0.2, 0.25) is 0 Å². The van der Waals surface area contributed by atoms with Gasteiger partial charge in [-0.25, -0.2) is 4.67 Å². The molecule has 1 aliphatic rings. The smallest absolute Gasteiger partial charge is 0.325 e. The molecule has 1 fully saturated rings. The van der Waals surface area contributed by atoms with Gasteiger partial charge in [-0.2, -0.15) is 0 Å². The van der Waals surface area contributed by atoms with Crippen LogP contribution in [0.2, 0.25) is 0 Å². The predicted molar refractivity (Wildman–Crippen MR) is 45.3 cm³/mol. The number of halogens is 1. The van der Waals surface area contributed by atoms with Crippen molar-refractivity contribution in [3.05, 3.63) is 0 Å². The van der Waals surface area contributed by atoms with E-state index in [-0.39, 0.29) is 11.5 Å². The Labute approximate surface area is 72.3 Å². The summed E-state index contributed by atoms with van der Waals surface area (Å²) in [6.45, 7) is 6.34. The lowest BCUT2D eigenvalue weighted by Gasteiger charge is -2.29. The molecule has 0 radical (unpaired) electrons. The summed E-state index contributed by atoms with van der Waals surface area (Å²) in [7, 11) is -1.20. The van der Waals surface area contributed by atoms with Crippen molar-refractivity contribution < 1.29 is 9.32 Å². The van der Waals surface area contributed by atoms with Gasteiger partial charge >= 0.3 is 5.97 Å². The van der Waals surface area contributed by atoms with Crippen LogP contribution >= 0.6 is 18.9 Å². The molecule has 0 aromatic heterocycles. The zero-order valence-electron chi connectivity index (χ0n) is 6.80. The molecule has 0 N–H and O–H groups in total. The maximum Gasteiger partial charge on any atom is 0.325 e. The van der Waals surface area contributed by atoms with Gasteiger partial charge in [0.1, 0.15) is 6.54 Å². The van der Waals surface area contributed by atoms with Crippen molar-refractivity contribution in [1.29, 1.82) is 0 Å². The molecule has 5 heteroatoms. The fourth-order valence-corrected chi connectivity index (χ4v) is 2.91. The molecule has 1 rings (SSSR count). The van der Waals surface area contributed by atoms with Crippen LogP contribution in [0, 0.1) is 0 Å². The average molecular weight is 196 g/mol. The van der Waals surface area contributed by atoms with Crippen LogP contribution in [0.1, 0.15) is 20.8 Å². The van der Waals surface area contributed by atoms with E-state index in [9.17, 15) is 4.79 Å². The number of hydrogen-bond donors (Lipinski definition) is 0. The quantitative estimate of drug-likeness (QED) is 0.555. The third-order valence-corrected chi connectivity index (χ3v) is 3.65. The lowest BCUT2D eigenvalue weighted by Crippen LogP contribution is -2.35. The Hall–Kier alpha value is 0.150. The van der Waals surface area contributed by atoms with Crippen LogP contribution in [0.5, 0.6) is 0 Å². The Morgan fingerprint density at radius 3 is 2.36 bits per heavy atom. The van der Waals surface area contributed by atoms with Gasteiger partial charge in [-0.05, 0) is 32.0 Å². The monoisotopic (exact) mass is 195 g/mol. The first-order valence-corrected chi connectivity index (χ1v) is 5.47. The van der Waals surface area contributed by atoms with Crippen molar-refractivity contribution in [1.82, 2.24) is 4.67 Å². The fourth-order valence-electron chi connectivity index (χ4n) is 0.813. The fraction of sp³-hybridized carbons (Fsp3) is 0.833. The van der Waals surface area contributed by atoms with E-state index in [0.717, 1.165) is 0 Å². The van der Waals surface area contributed by atoms with Crippen LogP contribution in [-0.2, 0) is 9.32 Å². The molecule has 0 spiro atoms. The summed E-state index contributed by atoms with van der Waals surface area (Å²) < 4.78 is 6.68. The summed E-state index contributed by atoms with van der Waals surface area (Å²) in [5.41, 5.74) is -0.0837. The molecule has 0 aromatic rings. The Morgan fingerprint density at radius 2 is 2.18 bits per heavy atom. The van der Waals surface area contributed by atoms with Crippen molar-refractivity contribution in [3.8, 4) is 0 Å². The maximum atomic E-state index is 10.8. The molecule has 0 saturated carbocycles. The number of rotatable bonds is 0. The average Bonchev–Trinajstić information content (AvgIpc) is 2.08. The van der Waals surface area contributed by atoms with Crippen molar-refractivity contribution >= 4 is 24.9 Å². The van der Waals surface area contributed by atoms with Gasteiger partial charge in [0.25, 0.3) is 7.65 Å². The molecule has 64 valence electrons. The van der Waals surface area contributed by atoms with Crippen LogP contribution in [0.15, 0.2) is 0 Å². The largest absolute Gasteiger partial charge is 0.412 e. The summed E-state index contributed by atoms with van der Waals surface area (Å²) >= 11 is 5.81. The van der Waals surface area contributed by atoms with Gasteiger partial charge < -0.3 is 4.52 Å². The third kappa shape index (κ3) is 2.05. The zero-order chi connectivity index (χ0) is 8.65. The van der Waals surface area contributed by atoms with E-state index in [1.807, 2.05) is 25.4 Å². The van der Waals surface area contributed by atoms with E-state index in [4.69, 9.17) is 15.8 Å². The van der Waals surface area contributed by atoms with Gasteiger partial charge in [-0.1, -0.05) is 0 Å². The van der Waals surface area contributed by atoms with E-state index in [1.54, 1.807) is 0 Å². The second-order valence-corrected chi connectivity index (χ2v) is 5.40. The van der Waals surface area contributed by atoms with E-state index < -0.39 is 7.65 Å². The molecular formula is C6H11ClNO2P. The van der Waals surface area contributed by atoms with Crippen molar-refractivity contribution in [2.24, 2.45) is 0 Å². The molecule has 11 heavy (non-hydrogen) atoms. The molecular weight excluding hydrogens is 184 g/mol. The van der Waals surface area contributed by atoms with Crippen LogP contribution in [0.25, 0.3) is 0 Å². The van der Waals surface area contributed by atoms with Crippen molar-refractivity contribution in [2.45, 2.75) is 26.3 Å². The minimum atomic E-state index is -1.20. The summed E-state index contributed by atoms with van der Waals surface area (Å²) in [6.07, 6.45) is 0. The molecule has 1 heterocycles. The highest BCUT2D eigenvalue weighted by Gasteiger charge is 2.38. The van der Waals surface area contributed by atoms with Gasteiger partial charge in [0.15, 0.2) is 0 Å². The predicted octanol–water partition coefficient (Wildman–Crippen LogP) is 2.11. The highest BCUT2D eigenvalue weighted by Crippen LogP contribution is 2.54. The molecule has 0 amide bonds. The van der Waals surface area contributed by atoms with Crippen molar-refractivity contribution in [3.63, 3.8) is 0 Å². The minimum Gasteiger partial charge on any atom is -0.412 e. The Bertz CT molecular complexity index is 180. The zero-order valence-corrected chi connectivity index (χ0v) is 8.45. The number of carbonyl (C=O) groups excluding carboxylic acids is 1. The van der Waals surface area contributed by atoms with E-state index >= 15 is 0 Å².